The van der Waals surface area contributed by atoms with Gasteiger partial charge in [-0.05, 0) is 44.5 Å². The maximum atomic E-state index is 12.8. The summed E-state index contributed by atoms with van der Waals surface area (Å²) in [7, 11) is 1.65. The zero-order valence-corrected chi connectivity index (χ0v) is 17.5. The average molecular weight is 495 g/mol. The Labute approximate surface area is 183 Å². The summed E-state index contributed by atoms with van der Waals surface area (Å²) in [6, 6.07) is 2.93. The molecule has 1 aromatic carbocycles. The second-order valence-electron chi connectivity index (χ2n) is 8.10. The number of hydrogen-bond donors (Lipinski definition) is 1. The van der Waals surface area contributed by atoms with Gasteiger partial charge in [0.1, 0.15) is 0 Å². The van der Waals surface area contributed by atoms with Crippen LogP contribution in [0.3, 0.4) is 0 Å². The molecule has 0 spiro atoms. The van der Waals surface area contributed by atoms with E-state index in [2.05, 4.69) is 4.74 Å². The van der Waals surface area contributed by atoms with E-state index in [1.54, 1.807) is 18.9 Å². The SMILES string of the molecule is CN(Cc1ccc(C(F)(F)F)cc1N)C1(C)CCN(C(=O)OC(C(F)(F)F)C(F)(F)F)CC1. The molecular weight excluding hydrogens is 473 g/mol. The molecule has 188 valence electrons. The molecule has 0 radical (unpaired) electrons. The van der Waals surface area contributed by atoms with Gasteiger partial charge in [-0.2, -0.15) is 39.5 Å². The van der Waals surface area contributed by atoms with Crippen LogP contribution in [0.5, 0.6) is 0 Å². The van der Waals surface area contributed by atoms with Crippen molar-refractivity contribution in [1.82, 2.24) is 9.80 Å². The number of piperidine rings is 1. The Morgan fingerprint density at radius 2 is 1.61 bits per heavy atom. The second-order valence-corrected chi connectivity index (χ2v) is 8.10. The first kappa shape index (κ1) is 26.9. The Bertz CT molecular complexity index is 830. The van der Waals surface area contributed by atoms with Crippen LogP contribution in [0.15, 0.2) is 18.2 Å². The van der Waals surface area contributed by atoms with Crippen molar-refractivity contribution in [2.45, 2.75) is 56.5 Å². The van der Waals surface area contributed by atoms with Gasteiger partial charge in [0.15, 0.2) is 0 Å². The number of anilines is 1. The van der Waals surface area contributed by atoms with Crippen molar-refractivity contribution in [1.29, 1.82) is 0 Å². The lowest BCUT2D eigenvalue weighted by Crippen LogP contribution is -2.54. The zero-order valence-electron chi connectivity index (χ0n) is 17.5. The summed E-state index contributed by atoms with van der Waals surface area (Å²) in [5.74, 6) is 0. The summed E-state index contributed by atoms with van der Waals surface area (Å²) in [4.78, 5) is 14.4. The molecule has 1 amide bonds. The number of carbonyl (C=O) groups excluding carboxylic acids is 1. The molecule has 0 bridgehead atoms. The minimum Gasteiger partial charge on any atom is -0.426 e. The lowest BCUT2D eigenvalue weighted by Gasteiger charge is -2.45. The highest BCUT2D eigenvalue weighted by Crippen LogP contribution is 2.37. The number of amides is 1. The predicted molar refractivity (Wildman–Crippen MR) is 98.9 cm³/mol. The second kappa shape index (κ2) is 9.11. The van der Waals surface area contributed by atoms with E-state index in [0.29, 0.717) is 5.56 Å². The number of alkyl halides is 9. The first-order chi connectivity index (χ1) is 14.8. The number of carbonyl (C=O) groups is 1. The number of halogens is 9. The Morgan fingerprint density at radius 1 is 1.09 bits per heavy atom. The van der Waals surface area contributed by atoms with Gasteiger partial charge in [-0.3, -0.25) is 4.90 Å². The summed E-state index contributed by atoms with van der Waals surface area (Å²) in [5.41, 5.74) is 4.51. The number of nitrogen functional groups attached to an aromatic ring is 1. The van der Waals surface area contributed by atoms with Crippen molar-refractivity contribution in [2.24, 2.45) is 0 Å². The first-order valence-corrected chi connectivity index (χ1v) is 9.60. The summed E-state index contributed by atoms with van der Waals surface area (Å²) in [6.45, 7) is 1.54. The molecule has 0 unspecified atom stereocenters. The topological polar surface area (TPSA) is 58.8 Å². The van der Waals surface area contributed by atoms with Gasteiger partial charge < -0.3 is 15.4 Å². The van der Waals surface area contributed by atoms with E-state index in [9.17, 15) is 44.3 Å². The highest BCUT2D eigenvalue weighted by molar-refractivity contribution is 5.68. The fourth-order valence-corrected chi connectivity index (χ4v) is 3.41. The standard InChI is InChI=1S/C19H22F9N3O2/c1-16(30(2)10-11-3-4-12(9-13(11)29)17(20,21)22)5-7-31(8-6-16)15(32)33-14(18(23,24)25)19(26,27)28/h3-4,9,14H,5-8,10,29H2,1-2H3. The van der Waals surface area contributed by atoms with Gasteiger partial charge >= 0.3 is 24.6 Å². The molecule has 5 nitrogen and oxygen atoms in total. The van der Waals surface area contributed by atoms with Gasteiger partial charge in [0, 0.05) is 30.9 Å². The highest BCUT2D eigenvalue weighted by Gasteiger charge is 2.60. The van der Waals surface area contributed by atoms with Crippen LogP contribution in [-0.4, -0.2) is 60.0 Å². The van der Waals surface area contributed by atoms with Gasteiger partial charge in [0.25, 0.3) is 6.10 Å². The van der Waals surface area contributed by atoms with Crippen LogP contribution < -0.4 is 5.73 Å². The molecule has 0 aromatic heterocycles. The molecule has 1 aliphatic rings. The molecule has 14 heteroatoms. The number of benzene rings is 1. The molecule has 1 aliphatic heterocycles. The van der Waals surface area contributed by atoms with Crippen molar-refractivity contribution >= 4 is 11.8 Å². The largest absolute Gasteiger partial charge is 0.434 e. The molecule has 1 saturated heterocycles. The zero-order chi connectivity index (χ0) is 25.4. The molecule has 0 atom stereocenters. The van der Waals surface area contributed by atoms with E-state index in [-0.39, 0.29) is 38.2 Å². The number of nitrogens with two attached hydrogens (primary N) is 1. The number of hydrogen-bond acceptors (Lipinski definition) is 4. The maximum absolute atomic E-state index is 12.8. The van der Waals surface area contributed by atoms with Crippen LogP contribution in [0.2, 0.25) is 0 Å². The van der Waals surface area contributed by atoms with Crippen LogP contribution in [0.25, 0.3) is 0 Å². The molecule has 0 saturated carbocycles. The molecular formula is C19H22F9N3O2. The van der Waals surface area contributed by atoms with Crippen molar-refractivity contribution < 1.29 is 49.0 Å². The minimum absolute atomic E-state index is 0.0772. The highest BCUT2D eigenvalue weighted by atomic mass is 19.4. The molecule has 1 heterocycles. The van der Waals surface area contributed by atoms with E-state index in [4.69, 9.17) is 5.73 Å². The van der Waals surface area contributed by atoms with E-state index in [0.717, 1.165) is 17.0 Å². The fraction of sp³-hybridized carbons (Fsp3) is 0.632. The number of ether oxygens (including phenoxy) is 1. The maximum Gasteiger partial charge on any atom is 0.434 e. The Morgan fingerprint density at radius 3 is 2.03 bits per heavy atom. The molecule has 2 rings (SSSR count). The molecule has 33 heavy (non-hydrogen) atoms. The van der Waals surface area contributed by atoms with Gasteiger partial charge in [0.05, 0.1) is 5.56 Å². The summed E-state index contributed by atoms with van der Waals surface area (Å²) >= 11 is 0. The van der Waals surface area contributed by atoms with Crippen LogP contribution >= 0.6 is 0 Å². The third-order valence-corrected chi connectivity index (χ3v) is 5.71. The average Bonchev–Trinajstić information content (AvgIpc) is 2.65. The summed E-state index contributed by atoms with van der Waals surface area (Å²) in [5, 5.41) is 0. The quantitative estimate of drug-likeness (QED) is 0.461. The molecule has 0 aliphatic carbocycles. The molecule has 1 aromatic rings. The number of likely N-dealkylation sites (tertiary alicyclic amines) is 1. The first-order valence-electron chi connectivity index (χ1n) is 9.60. The van der Waals surface area contributed by atoms with Gasteiger partial charge in [-0.25, -0.2) is 4.79 Å². The minimum atomic E-state index is -5.81. The third kappa shape index (κ3) is 6.58. The van der Waals surface area contributed by atoms with Crippen LogP contribution in [0.4, 0.5) is 50.0 Å². The van der Waals surface area contributed by atoms with Gasteiger partial charge in [0.2, 0.25) is 0 Å². The predicted octanol–water partition coefficient (Wildman–Crippen LogP) is 5.20. The van der Waals surface area contributed by atoms with Crippen LogP contribution in [-0.2, 0) is 17.5 Å². The Hall–Kier alpha value is -2.38. The van der Waals surface area contributed by atoms with Crippen LogP contribution in [0, 0.1) is 0 Å². The van der Waals surface area contributed by atoms with Gasteiger partial charge in [-0.1, -0.05) is 6.07 Å². The summed E-state index contributed by atoms with van der Waals surface area (Å²) in [6.07, 6.45) is -21.8. The van der Waals surface area contributed by atoms with Crippen molar-refractivity contribution in [2.75, 3.05) is 25.9 Å². The molecule has 2 N–H and O–H groups in total. The van der Waals surface area contributed by atoms with E-state index >= 15 is 0 Å². The van der Waals surface area contributed by atoms with Crippen molar-refractivity contribution in [3.63, 3.8) is 0 Å². The lowest BCUT2D eigenvalue weighted by atomic mass is 9.87. The number of nitrogens with zero attached hydrogens (tertiary/aromatic N) is 2. The third-order valence-electron chi connectivity index (χ3n) is 5.71. The summed E-state index contributed by atoms with van der Waals surface area (Å²) < 4.78 is 118. The monoisotopic (exact) mass is 495 g/mol. The van der Waals surface area contributed by atoms with Crippen molar-refractivity contribution in [3.8, 4) is 0 Å². The smallest absolute Gasteiger partial charge is 0.426 e. The Balaban J connectivity index is 2.02. The number of rotatable bonds is 4. The van der Waals surface area contributed by atoms with Crippen LogP contribution in [0.1, 0.15) is 30.9 Å². The fourth-order valence-electron chi connectivity index (χ4n) is 3.41. The van der Waals surface area contributed by atoms with Gasteiger partial charge in [-0.15, -0.1) is 0 Å². The Kier molecular flexibility index (Phi) is 7.41. The molecule has 1 fully saturated rings. The van der Waals surface area contributed by atoms with E-state index < -0.39 is 41.8 Å². The lowest BCUT2D eigenvalue weighted by molar-refractivity contribution is -0.308. The van der Waals surface area contributed by atoms with E-state index in [1.165, 1.54) is 6.07 Å². The van der Waals surface area contributed by atoms with E-state index in [1.807, 2.05) is 0 Å². The normalized spacial score (nSPS) is 17.5. The van der Waals surface area contributed by atoms with Crippen molar-refractivity contribution in [3.05, 3.63) is 29.3 Å².